The van der Waals surface area contributed by atoms with E-state index in [1.54, 1.807) is 37.4 Å². The van der Waals surface area contributed by atoms with E-state index in [1.807, 2.05) is 17.9 Å². The number of fused-ring (bicyclic) bond motifs is 3. The van der Waals surface area contributed by atoms with E-state index >= 15 is 0 Å². The van der Waals surface area contributed by atoms with E-state index in [-0.39, 0.29) is 35.8 Å². The van der Waals surface area contributed by atoms with Crippen molar-refractivity contribution in [2.75, 3.05) is 42.7 Å². The molecule has 0 bridgehead atoms. The Morgan fingerprint density at radius 1 is 1.20 bits per heavy atom. The van der Waals surface area contributed by atoms with Crippen molar-refractivity contribution in [1.29, 1.82) is 0 Å². The van der Waals surface area contributed by atoms with Crippen LogP contribution in [0.2, 0.25) is 0 Å². The molecule has 5 aromatic rings. The Morgan fingerprint density at radius 3 is 2.74 bits per heavy atom. The summed E-state index contributed by atoms with van der Waals surface area (Å²) in [5.41, 5.74) is 3.16. The number of alkyl halides is 2. The highest BCUT2D eigenvalue weighted by atomic mass is 19.3. The number of aryl methyl sites for hydroxylation is 2. The fourth-order valence-electron chi connectivity index (χ4n) is 6.58. The summed E-state index contributed by atoms with van der Waals surface area (Å²) >= 11 is 0. The third-order valence-corrected chi connectivity index (χ3v) is 9.22. The molecule has 3 saturated heterocycles. The van der Waals surface area contributed by atoms with Crippen LogP contribution < -0.4 is 14.5 Å². The monoisotopic (exact) mass is 684 g/mol. The van der Waals surface area contributed by atoms with Gasteiger partial charge in [0.25, 0.3) is 6.43 Å². The van der Waals surface area contributed by atoms with Crippen LogP contribution in [0.25, 0.3) is 22.1 Å². The lowest BCUT2D eigenvalue weighted by Crippen LogP contribution is -2.61. The number of anilines is 2. The van der Waals surface area contributed by atoms with Gasteiger partial charge in [0.05, 0.1) is 37.6 Å². The van der Waals surface area contributed by atoms with Crippen molar-refractivity contribution in [3.8, 4) is 17.7 Å². The Kier molecular flexibility index (Phi) is 7.65. The van der Waals surface area contributed by atoms with Gasteiger partial charge in [0.15, 0.2) is 22.8 Å². The molecule has 3 aliphatic rings. The maximum absolute atomic E-state index is 14.1. The number of carbonyl (C=O) groups is 1. The van der Waals surface area contributed by atoms with Crippen molar-refractivity contribution in [2.24, 2.45) is 0 Å². The molecule has 4 aromatic heterocycles. The largest absolute Gasteiger partial charge is 0.480 e. The van der Waals surface area contributed by atoms with Crippen LogP contribution in [0, 0.1) is 25.7 Å². The summed E-state index contributed by atoms with van der Waals surface area (Å²) in [6.07, 6.45) is -2.17. The number of halogens is 2. The number of nitrogens with zero attached hydrogens (tertiary/aromatic N) is 6. The van der Waals surface area contributed by atoms with E-state index in [0.29, 0.717) is 71.3 Å². The van der Waals surface area contributed by atoms with Crippen LogP contribution in [-0.4, -0.2) is 81.8 Å². The number of para-hydroxylation sites is 1. The van der Waals surface area contributed by atoms with Gasteiger partial charge in [-0.25, -0.2) is 28.5 Å². The van der Waals surface area contributed by atoms with Crippen molar-refractivity contribution in [1.82, 2.24) is 20.1 Å². The van der Waals surface area contributed by atoms with Gasteiger partial charge in [-0.05, 0) is 32.0 Å². The van der Waals surface area contributed by atoms with E-state index < -0.39 is 36.0 Å². The molecule has 13 nitrogen and oxygen atoms in total. The average Bonchev–Trinajstić information content (AvgIpc) is 3.78. The van der Waals surface area contributed by atoms with Gasteiger partial charge in [0.2, 0.25) is 5.88 Å². The first-order chi connectivity index (χ1) is 24.1. The van der Waals surface area contributed by atoms with Crippen LogP contribution in [-0.2, 0) is 14.3 Å². The minimum absolute atomic E-state index is 0.00161. The van der Waals surface area contributed by atoms with Gasteiger partial charge in [0.1, 0.15) is 34.7 Å². The zero-order valence-corrected chi connectivity index (χ0v) is 27.0. The summed E-state index contributed by atoms with van der Waals surface area (Å²) in [6, 6.07) is 7.52. The summed E-state index contributed by atoms with van der Waals surface area (Å²) in [6.45, 7) is 9.44. The van der Waals surface area contributed by atoms with Gasteiger partial charge >= 0.3 is 5.97 Å². The number of carboxylic acid groups (broad SMARTS) is 1. The number of rotatable bonds is 6. The number of benzene rings is 1. The van der Waals surface area contributed by atoms with E-state index in [1.165, 1.54) is 4.90 Å². The first-order valence-corrected chi connectivity index (χ1v) is 15.9. The van der Waals surface area contributed by atoms with Crippen LogP contribution in [0.4, 0.5) is 20.3 Å². The highest BCUT2D eigenvalue weighted by molar-refractivity contribution is 6.06. The molecule has 50 heavy (non-hydrogen) atoms. The molecule has 8 rings (SSSR count). The molecule has 256 valence electrons. The van der Waals surface area contributed by atoms with E-state index in [9.17, 15) is 18.7 Å². The molecule has 0 saturated carbocycles. The summed E-state index contributed by atoms with van der Waals surface area (Å²) in [7, 11) is 0. The first-order valence-electron chi connectivity index (χ1n) is 15.9. The number of furan rings is 1. The van der Waals surface area contributed by atoms with Crippen LogP contribution >= 0.6 is 0 Å². The lowest BCUT2D eigenvalue weighted by atomic mass is 9.95. The molecule has 0 radical (unpaired) electrons. The number of hydrogen-bond donors (Lipinski definition) is 1. The van der Waals surface area contributed by atoms with Crippen LogP contribution in [0.15, 0.2) is 57.7 Å². The number of carboxylic acids is 1. The SMILES string of the molecule is C=C1N(c2cc(C#Cc3c(C)noc3C)cnc2O[C@H]2C[C@@H](C(=O)O)N(c3nc(C(F)F)nc4c3oc3ccccc34)C2)CCOC12COC2. The predicted molar refractivity (Wildman–Crippen MR) is 174 cm³/mol. The third-order valence-electron chi connectivity index (χ3n) is 9.22. The molecular formula is C35H30F2N6O7. The molecule has 3 fully saturated rings. The molecule has 3 aliphatic heterocycles. The van der Waals surface area contributed by atoms with Crippen molar-refractivity contribution in [2.45, 2.75) is 44.4 Å². The van der Waals surface area contributed by atoms with Crippen molar-refractivity contribution in [3.05, 3.63) is 77.2 Å². The average molecular weight is 685 g/mol. The first kappa shape index (κ1) is 31.7. The highest BCUT2D eigenvalue weighted by Gasteiger charge is 2.48. The summed E-state index contributed by atoms with van der Waals surface area (Å²) < 4.78 is 57.4. The lowest BCUT2D eigenvalue weighted by Gasteiger charge is -2.49. The standard InChI is InChI=1S/C35H30F2N6O7/c1-18-23(19(2)50-41-18)9-8-21-12-25(42-10-11-47-35(20(42)3)16-46-17-35)33(38-14-21)48-22-13-26(34(44)45)43(15-22)32-29-28(39-31(40-32)30(36)37)24-6-4-5-7-27(24)49-29/h4-7,12,14,22,26,30H,3,10-11,13,15-17H2,1-2H3,(H,44,45)/t22-,26-/m0/s1. The molecule has 0 unspecified atom stereocenters. The highest BCUT2D eigenvalue weighted by Crippen LogP contribution is 2.42. The topological polar surface area (TPSA) is 149 Å². The van der Waals surface area contributed by atoms with Gasteiger partial charge in [-0.15, -0.1) is 0 Å². The van der Waals surface area contributed by atoms with E-state index in [2.05, 4.69) is 38.5 Å². The Morgan fingerprint density at radius 2 is 2.02 bits per heavy atom. The fraction of sp³-hybridized carbons (Fsp3) is 0.343. The maximum Gasteiger partial charge on any atom is 0.326 e. The quantitative estimate of drug-likeness (QED) is 0.241. The second kappa shape index (κ2) is 12.1. The molecule has 1 aromatic carbocycles. The number of hydrogen-bond acceptors (Lipinski definition) is 12. The van der Waals surface area contributed by atoms with Crippen molar-refractivity contribution >= 4 is 39.5 Å². The van der Waals surface area contributed by atoms with Crippen molar-refractivity contribution < 1.29 is 41.8 Å². The third kappa shape index (κ3) is 5.28. The molecule has 0 aliphatic carbocycles. The van der Waals surface area contributed by atoms with Gasteiger partial charge < -0.3 is 38.1 Å². The normalized spacial score (nSPS) is 20.1. The molecule has 15 heteroatoms. The minimum Gasteiger partial charge on any atom is -0.480 e. The molecule has 7 heterocycles. The number of ether oxygens (including phenoxy) is 3. The van der Waals surface area contributed by atoms with Gasteiger partial charge in [-0.2, -0.15) is 0 Å². The summed E-state index contributed by atoms with van der Waals surface area (Å²) in [5, 5.41) is 14.8. The van der Waals surface area contributed by atoms with Crippen molar-refractivity contribution in [3.63, 3.8) is 0 Å². The molecular weight excluding hydrogens is 654 g/mol. The fourth-order valence-corrected chi connectivity index (χ4v) is 6.58. The number of morpholine rings is 1. The lowest BCUT2D eigenvalue weighted by molar-refractivity contribution is -0.194. The van der Waals surface area contributed by atoms with Crippen LogP contribution in [0.1, 0.15) is 41.3 Å². The van der Waals surface area contributed by atoms with E-state index in [0.717, 1.165) is 0 Å². The Balaban J connectivity index is 1.16. The Bertz CT molecular complexity index is 2220. The van der Waals surface area contributed by atoms with Gasteiger partial charge in [-0.3, -0.25) is 0 Å². The molecule has 0 amide bonds. The zero-order valence-electron chi connectivity index (χ0n) is 27.0. The second-order valence-electron chi connectivity index (χ2n) is 12.4. The summed E-state index contributed by atoms with van der Waals surface area (Å²) in [4.78, 5) is 28.8. The minimum atomic E-state index is -3.00. The summed E-state index contributed by atoms with van der Waals surface area (Å²) in [5.74, 6) is 5.10. The zero-order chi connectivity index (χ0) is 34.7. The van der Waals surface area contributed by atoms with E-state index in [4.69, 9.17) is 23.2 Å². The Labute approximate surface area is 283 Å². The van der Waals surface area contributed by atoms with Gasteiger partial charge in [-0.1, -0.05) is 35.7 Å². The number of pyridine rings is 1. The van der Waals surface area contributed by atoms with Gasteiger partial charge in [0, 0.05) is 35.8 Å². The maximum atomic E-state index is 14.1. The second-order valence-corrected chi connectivity index (χ2v) is 12.4. The predicted octanol–water partition coefficient (Wildman–Crippen LogP) is 4.94. The number of aliphatic carboxylic acids is 1. The molecule has 2 atom stereocenters. The van der Waals surface area contributed by atoms with Crippen LogP contribution in [0.5, 0.6) is 5.88 Å². The van der Waals surface area contributed by atoms with Crippen LogP contribution in [0.3, 0.4) is 0 Å². The molecule has 1 N–H and O–H groups in total. The smallest absolute Gasteiger partial charge is 0.326 e. The molecule has 1 spiro atoms. The Hall–Kier alpha value is -5.59. The number of aromatic nitrogens is 4.